The van der Waals surface area contributed by atoms with E-state index in [9.17, 15) is 4.57 Å². The van der Waals surface area contributed by atoms with E-state index in [-0.39, 0.29) is 18.5 Å². The molecule has 4 rings (SSSR count). The van der Waals surface area contributed by atoms with Crippen LogP contribution in [0.15, 0.2) is 43.0 Å². The first kappa shape index (κ1) is 25.5. The molecule has 3 N–H and O–H groups in total. The summed E-state index contributed by atoms with van der Waals surface area (Å²) in [5, 5.41) is 3.18. The minimum atomic E-state index is -3.50. The molecule has 1 fully saturated rings. The van der Waals surface area contributed by atoms with Crippen LogP contribution in [0, 0.1) is 0 Å². The highest BCUT2D eigenvalue weighted by molar-refractivity contribution is 7.57. The van der Waals surface area contributed by atoms with E-state index < -0.39 is 13.8 Å². The van der Waals surface area contributed by atoms with Crippen LogP contribution >= 0.6 is 7.52 Å². The molecule has 1 saturated heterocycles. The van der Waals surface area contributed by atoms with Crippen molar-refractivity contribution in [2.24, 2.45) is 0 Å². The van der Waals surface area contributed by atoms with Crippen molar-refractivity contribution < 1.29 is 23.3 Å². The molecule has 0 amide bonds. The predicted octanol–water partition coefficient (Wildman–Crippen LogP) is 3.56. The van der Waals surface area contributed by atoms with E-state index in [1.165, 1.54) is 6.33 Å². The van der Waals surface area contributed by atoms with Crippen molar-refractivity contribution in [3.05, 3.63) is 43.0 Å². The fraction of sp³-hybridized carbons (Fsp3) is 0.522. The standard InChI is InChI=1S/C23H33N6O5P/c1-3-19(23-31-11-7-8-12-32-23)28-35(30,34-18-9-5-4-6-10-18)16-33-17(2)13-29-15-27-20-21(24)25-14-26-22(20)29/h4-6,9-10,14-15,17,19,23H,3,7-8,11-13,16H2,1-2H3,(H,28,30)(H2,24,25,26)/t17-,19+,35?/m1/s1. The highest BCUT2D eigenvalue weighted by atomic mass is 31.2. The molecule has 0 radical (unpaired) electrons. The molecule has 0 bridgehead atoms. The smallest absolute Gasteiger partial charge is 0.342 e. The molecule has 2 aromatic heterocycles. The molecule has 1 aromatic carbocycles. The van der Waals surface area contributed by atoms with Crippen molar-refractivity contribution in [3.63, 3.8) is 0 Å². The SMILES string of the molecule is CC[C@H](NP(=O)(CO[C@H](C)Cn1cnc2c(N)ncnc21)Oc1ccccc1)C1OCCCCO1. The number of aromatic nitrogens is 4. The van der Waals surface area contributed by atoms with E-state index in [0.717, 1.165) is 12.8 Å². The van der Waals surface area contributed by atoms with Crippen LogP contribution in [-0.4, -0.2) is 57.5 Å². The summed E-state index contributed by atoms with van der Waals surface area (Å²) in [6.45, 7) is 5.52. The van der Waals surface area contributed by atoms with Crippen molar-refractivity contribution in [2.75, 3.05) is 25.3 Å². The first-order valence-corrected chi connectivity index (χ1v) is 13.7. The maximum absolute atomic E-state index is 14.0. The maximum Gasteiger partial charge on any atom is 0.342 e. The van der Waals surface area contributed by atoms with Crippen LogP contribution in [0.25, 0.3) is 11.2 Å². The van der Waals surface area contributed by atoms with Crippen molar-refractivity contribution in [3.8, 4) is 5.75 Å². The fourth-order valence-electron chi connectivity index (χ4n) is 3.81. The van der Waals surface area contributed by atoms with Gasteiger partial charge in [0.25, 0.3) is 0 Å². The van der Waals surface area contributed by atoms with E-state index in [0.29, 0.717) is 48.9 Å². The highest BCUT2D eigenvalue weighted by Gasteiger charge is 2.34. The summed E-state index contributed by atoms with van der Waals surface area (Å²) in [6, 6.07) is 8.74. The van der Waals surface area contributed by atoms with Gasteiger partial charge in [-0.2, -0.15) is 0 Å². The quantitative estimate of drug-likeness (QED) is 0.373. The maximum atomic E-state index is 14.0. The van der Waals surface area contributed by atoms with Gasteiger partial charge in [0.05, 0.1) is 25.0 Å². The van der Waals surface area contributed by atoms with Gasteiger partial charge in [-0.3, -0.25) is 4.57 Å². The number of rotatable bonds is 11. The van der Waals surface area contributed by atoms with E-state index in [1.54, 1.807) is 18.5 Å². The lowest BCUT2D eigenvalue weighted by molar-refractivity contribution is -0.142. The van der Waals surface area contributed by atoms with Gasteiger partial charge in [-0.25, -0.2) is 20.0 Å². The molecule has 1 unspecified atom stereocenters. The Labute approximate surface area is 204 Å². The van der Waals surface area contributed by atoms with Crippen LogP contribution in [0.3, 0.4) is 0 Å². The molecule has 12 heteroatoms. The molecule has 3 aromatic rings. The fourth-order valence-corrected chi connectivity index (χ4v) is 5.71. The first-order valence-electron chi connectivity index (χ1n) is 11.8. The van der Waals surface area contributed by atoms with Crippen LogP contribution in [0.2, 0.25) is 0 Å². The molecule has 190 valence electrons. The van der Waals surface area contributed by atoms with E-state index >= 15 is 0 Å². The number of anilines is 1. The predicted molar refractivity (Wildman–Crippen MR) is 132 cm³/mol. The summed E-state index contributed by atoms with van der Waals surface area (Å²) >= 11 is 0. The Kier molecular flexibility index (Phi) is 8.69. The zero-order chi connectivity index (χ0) is 24.7. The number of nitrogens with one attached hydrogen (secondary N) is 1. The normalized spacial score (nSPS) is 18.6. The van der Waals surface area contributed by atoms with Gasteiger partial charge in [0.15, 0.2) is 17.8 Å². The second kappa shape index (κ2) is 11.9. The molecule has 3 atom stereocenters. The van der Waals surface area contributed by atoms with Crippen molar-refractivity contribution in [2.45, 2.75) is 58.1 Å². The van der Waals surface area contributed by atoms with Gasteiger partial charge in [0, 0.05) is 13.2 Å². The lowest BCUT2D eigenvalue weighted by atomic mass is 10.2. The summed E-state index contributed by atoms with van der Waals surface area (Å²) < 4.78 is 39.6. The van der Waals surface area contributed by atoms with Crippen LogP contribution in [0.1, 0.15) is 33.1 Å². The number of nitrogen functional groups attached to an aromatic ring is 1. The van der Waals surface area contributed by atoms with Crippen LogP contribution in [0.4, 0.5) is 5.82 Å². The lowest BCUT2D eigenvalue weighted by Crippen LogP contribution is -2.42. The highest BCUT2D eigenvalue weighted by Crippen LogP contribution is 2.44. The summed E-state index contributed by atoms with van der Waals surface area (Å²) in [5.74, 6) is 0.811. The van der Waals surface area contributed by atoms with Crippen LogP contribution in [0.5, 0.6) is 5.75 Å². The molecule has 35 heavy (non-hydrogen) atoms. The second-order valence-corrected chi connectivity index (χ2v) is 10.5. The number of ether oxygens (including phenoxy) is 3. The Balaban J connectivity index is 1.46. The van der Waals surface area contributed by atoms with Gasteiger partial charge in [-0.15, -0.1) is 0 Å². The summed E-state index contributed by atoms with van der Waals surface area (Å²) in [6.07, 6.45) is 4.59. The number of para-hydroxylation sites is 1. The molecule has 1 aliphatic rings. The minimum absolute atomic E-state index is 0.143. The summed E-state index contributed by atoms with van der Waals surface area (Å²) in [5.41, 5.74) is 7.03. The number of nitrogens with zero attached hydrogens (tertiary/aromatic N) is 4. The van der Waals surface area contributed by atoms with Crippen LogP contribution < -0.4 is 15.3 Å². The minimum Gasteiger partial charge on any atom is -0.431 e. The first-order chi connectivity index (χ1) is 17.0. The van der Waals surface area contributed by atoms with Gasteiger partial charge in [-0.1, -0.05) is 25.1 Å². The third-order valence-electron chi connectivity index (χ3n) is 5.64. The zero-order valence-electron chi connectivity index (χ0n) is 20.1. The third-order valence-corrected chi connectivity index (χ3v) is 7.36. The number of hydrogen-bond donors (Lipinski definition) is 2. The number of imidazole rings is 1. The Morgan fingerprint density at radius 2 is 1.94 bits per heavy atom. The molecule has 0 saturated carbocycles. The third kappa shape index (κ3) is 6.77. The van der Waals surface area contributed by atoms with Gasteiger partial charge in [-0.05, 0) is 38.3 Å². The van der Waals surface area contributed by atoms with Crippen molar-refractivity contribution in [1.29, 1.82) is 0 Å². The Bertz CT molecular complexity index is 1120. The van der Waals surface area contributed by atoms with Gasteiger partial charge in [0.2, 0.25) is 0 Å². The number of hydrogen-bond acceptors (Lipinski definition) is 9. The summed E-state index contributed by atoms with van der Waals surface area (Å²) in [7, 11) is -3.50. The number of nitrogens with two attached hydrogens (primary N) is 1. The number of benzene rings is 1. The average Bonchev–Trinajstić information content (AvgIpc) is 3.08. The topological polar surface area (TPSA) is 136 Å². The number of fused-ring (bicyclic) bond motifs is 1. The van der Waals surface area contributed by atoms with Crippen LogP contribution in [-0.2, 0) is 25.3 Å². The zero-order valence-corrected chi connectivity index (χ0v) is 21.0. The molecule has 0 spiro atoms. The second-order valence-electron chi connectivity index (χ2n) is 8.47. The van der Waals surface area contributed by atoms with E-state index in [4.69, 9.17) is 24.5 Å². The largest absolute Gasteiger partial charge is 0.431 e. The molecule has 1 aliphatic heterocycles. The molecular weight excluding hydrogens is 471 g/mol. The Morgan fingerprint density at radius 1 is 1.20 bits per heavy atom. The monoisotopic (exact) mass is 504 g/mol. The van der Waals surface area contributed by atoms with Gasteiger partial charge < -0.3 is 29.0 Å². The van der Waals surface area contributed by atoms with Gasteiger partial charge in [0.1, 0.15) is 23.9 Å². The van der Waals surface area contributed by atoms with Crippen molar-refractivity contribution >= 4 is 24.5 Å². The lowest BCUT2D eigenvalue weighted by Gasteiger charge is -2.30. The Morgan fingerprint density at radius 3 is 2.66 bits per heavy atom. The Hall–Kier alpha value is -2.56. The van der Waals surface area contributed by atoms with Gasteiger partial charge >= 0.3 is 7.52 Å². The molecule has 0 aliphatic carbocycles. The average molecular weight is 505 g/mol. The van der Waals surface area contributed by atoms with E-state index in [1.807, 2.05) is 36.6 Å². The molecular formula is C23H33N6O5P. The summed E-state index contributed by atoms with van der Waals surface area (Å²) in [4.78, 5) is 12.5. The molecule has 3 heterocycles. The van der Waals surface area contributed by atoms with E-state index in [2.05, 4.69) is 20.0 Å². The van der Waals surface area contributed by atoms with Crippen molar-refractivity contribution in [1.82, 2.24) is 24.6 Å². The molecule has 11 nitrogen and oxygen atoms in total.